The van der Waals surface area contributed by atoms with Crippen LogP contribution < -0.4 is 5.32 Å². The lowest BCUT2D eigenvalue weighted by Gasteiger charge is -2.27. The fourth-order valence-electron chi connectivity index (χ4n) is 2.24. The van der Waals surface area contributed by atoms with E-state index in [0.717, 1.165) is 18.4 Å². The Bertz CT molecular complexity index is 456. The molecule has 0 aromatic heterocycles. The maximum absolute atomic E-state index is 12.1. The van der Waals surface area contributed by atoms with E-state index in [2.05, 4.69) is 25.4 Å². The topological polar surface area (TPSA) is 38.3 Å². The molecule has 1 aromatic carbocycles. The largest absolute Gasteiger partial charge is 0.468 e. The van der Waals surface area contributed by atoms with Crippen LogP contribution in [0.15, 0.2) is 55.6 Å². The lowest BCUT2D eigenvalue weighted by molar-refractivity contribution is -0.143. The molecule has 1 aromatic rings. The van der Waals surface area contributed by atoms with E-state index in [1.807, 2.05) is 42.5 Å². The standard InChI is InChI=1S/C18H25NO2/c1-5-7-13-16(14(3)6-2)19-17(18(20)21-4)15-11-9-8-10-12-15/h5-6,8-12,14,16-17,19H,1-2,7,13H2,3-4H3/t14-,16-,17+/m1/s1. The van der Waals surface area contributed by atoms with Crippen LogP contribution in [0.4, 0.5) is 0 Å². The second kappa shape index (κ2) is 9.14. The van der Waals surface area contributed by atoms with E-state index in [4.69, 9.17) is 4.74 Å². The summed E-state index contributed by atoms with van der Waals surface area (Å²) in [5, 5.41) is 3.41. The first-order valence-corrected chi connectivity index (χ1v) is 7.26. The molecule has 114 valence electrons. The normalized spacial score (nSPS) is 14.8. The molecule has 1 N–H and O–H groups in total. The van der Waals surface area contributed by atoms with E-state index in [1.54, 1.807) is 0 Å². The molecule has 3 nitrogen and oxygen atoms in total. The molecule has 0 saturated heterocycles. The first-order chi connectivity index (χ1) is 10.1. The molecule has 0 spiro atoms. The molecule has 0 fully saturated rings. The lowest BCUT2D eigenvalue weighted by atomic mass is 9.95. The van der Waals surface area contributed by atoms with Gasteiger partial charge in [0.25, 0.3) is 0 Å². The van der Waals surface area contributed by atoms with Gasteiger partial charge in [-0.05, 0) is 24.3 Å². The summed E-state index contributed by atoms with van der Waals surface area (Å²) >= 11 is 0. The van der Waals surface area contributed by atoms with Crippen molar-refractivity contribution in [3.05, 3.63) is 61.2 Å². The summed E-state index contributed by atoms with van der Waals surface area (Å²) in [5.41, 5.74) is 0.907. The Hall–Kier alpha value is -1.87. The summed E-state index contributed by atoms with van der Waals surface area (Å²) in [6.45, 7) is 9.70. The van der Waals surface area contributed by atoms with Crippen LogP contribution in [-0.2, 0) is 9.53 Å². The molecular weight excluding hydrogens is 262 g/mol. The number of allylic oxidation sites excluding steroid dienone is 1. The zero-order valence-corrected chi connectivity index (χ0v) is 12.9. The Morgan fingerprint density at radius 1 is 1.33 bits per heavy atom. The van der Waals surface area contributed by atoms with Gasteiger partial charge in [0.1, 0.15) is 6.04 Å². The maximum atomic E-state index is 12.1. The Morgan fingerprint density at radius 3 is 2.52 bits per heavy atom. The van der Waals surface area contributed by atoms with E-state index in [0.29, 0.717) is 0 Å². The van der Waals surface area contributed by atoms with Crippen LogP contribution >= 0.6 is 0 Å². The third kappa shape index (κ3) is 5.20. The second-order valence-corrected chi connectivity index (χ2v) is 5.10. The SMILES string of the molecule is C=CCC[C@@H](N[C@H](C(=O)OC)c1ccccc1)[C@H](C)C=C. The molecular formula is C18H25NO2. The Labute approximate surface area is 127 Å². The van der Waals surface area contributed by atoms with Crippen LogP contribution in [0.3, 0.4) is 0 Å². The van der Waals surface area contributed by atoms with E-state index in [-0.39, 0.29) is 17.9 Å². The van der Waals surface area contributed by atoms with Gasteiger partial charge >= 0.3 is 5.97 Å². The molecule has 21 heavy (non-hydrogen) atoms. The first-order valence-electron chi connectivity index (χ1n) is 7.26. The van der Waals surface area contributed by atoms with Crippen molar-refractivity contribution in [1.29, 1.82) is 0 Å². The number of hydrogen-bond acceptors (Lipinski definition) is 3. The van der Waals surface area contributed by atoms with Gasteiger partial charge in [0, 0.05) is 6.04 Å². The van der Waals surface area contributed by atoms with Crippen molar-refractivity contribution in [1.82, 2.24) is 5.32 Å². The molecule has 3 atom stereocenters. The highest BCUT2D eigenvalue weighted by molar-refractivity contribution is 5.77. The highest BCUT2D eigenvalue weighted by Gasteiger charge is 2.26. The van der Waals surface area contributed by atoms with Gasteiger partial charge in [-0.15, -0.1) is 13.2 Å². The van der Waals surface area contributed by atoms with Crippen LogP contribution in [-0.4, -0.2) is 19.1 Å². The van der Waals surface area contributed by atoms with Gasteiger partial charge in [-0.3, -0.25) is 5.32 Å². The van der Waals surface area contributed by atoms with Gasteiger partial charge in [-0.25, -0.2) is 4.79 Å². The van der Waals surface area contributed by atoms with Crippen molar-refractivity contribution in [2.45, 2.75) is 31.8 Å². The van der Waals surface area contributed by atoms with Gasteiger partial charge < -0.3 is 4.74 Å². The van der Waals surface area contributed by atoms with E-state index in [1.165, 1.54) is 7.11 Å². The van der Waals surface area contributed by atoms with Gasteiger partial charge in [0.05, 0.1) is 7.11 Å². The number of carbonyl (C=O) groups excluding carboxylic acids is 1. The third-order valence-corrected chi connectivity index (χ3v) is 3.64. The van der Waals surface area contributed by atoms with Gasteiger partial charge in [0.2, 0.25) is 0 Å². The van der Waals surface area contributed by atoms with Crippen molar-refractivity contribution in [2.24, 2.45) is 5.92 Å². The maximum Gasteiger partial charge on any atom is 0.327 e. The number of rotatable bonds is 9. The van der Waals surface area contributed by atoms with Crippen molar-refractivity contribution >= 4 is 5.97 Å². The van der Waals surface area contributed by atoms with E-state index in [9.17, 15) is 4.79 Å². The highest BCUT2D eigenvalue weighted by atomic mass is 16.5. The molecule has 1 rings (SSSR count). The number of benzene rings is 1. The number of nitrogens with one attached hydrogen (secondary N) is 1. The predicted octanol–water partition coefficient (Wildman–Crippen LogP) is 3.65. The van der Waals surface area contributed by atoms with E-state index >= 15 is 0 Å². The Kier molecular flexibility index (Phi) is 7.48. The monoisotopic (exact) mass is 287 g/mol. The van der Waals surface area contributed by atoms with Crippen LogP contribution in [0.25, 0.3) is 0 Å². The summed E-state index contributed by atoms with van der Waals surface area (Å²) in [6.07, 6.45) is 5.58. The molecule has 0 saturated carbocycles. The Morgan fingerprint density at radius 2 is 2.00 bits per heavy atom. The van der Waals surface area contributed by atoms with Crippen LogP contribution in [0.2, 0.25) is 0 Å². The second-order valence-electron chi connectivity index (χ2n) is 5.10. The zero-order valence-electron chi connectivity index (χ0n) is 12.9. The number of carbonyl (C=O) groups is 1. The van der Waals surface area contributed by atoms with Crippen LogP contribution in [0, 0.1) is 5.92 Å². The number of esters is 1. The summed E-state index contributed by atoms with van der Waals surface area (Å²) in [6, 6.07) is 9.30. The number of hydrogen-bond donors (Lipinski definition) is 1. The minimum Gasteiger partial charge on any atom is -0.468 e. The summed E-state index contributed by atoms with van der Waals surface area (Å²) < 4.78 is 4.94. The molecule has 0 heterocycles. The van der Waals surface area contributed by atoms with Crippen molar-refractivity contribution < 1.29 is 9.53 Å². The van der Waals surface area contributed by atoms with Crippen molar-refractivity contribution in [2.75, 3.05) is 7.11 Å². The molecule has 0 amide bonds. The van der Waals surface area contributed by atoms with Crippen LogP contribution in [0.5, 0.6) is 0 Å². The number of methoxy groups -OCH3 is 1. The molecule has 0 unspecified atom stereocenters. The van der Waals surface area contributed by atoms with Gasteiger partial charge in [0.15, 0.2) is 0 Å². The molecule has 0 bridgehead atoms. The molecule has 0 aliphatic carbocycles. The predicted molar refractivity (Wildman–Crippen MR) is 86.9 cm³/mol. The van der Waals surface area contributed by atoms with Crippen molar-refractivity contribution in [3.8, 4) is 0 Å². The summed E-state index contributed by atoms with van der Waals surface area (Å²) in [5.74, 6) is -0.0260. The fourth-order valence-corrected chi connectivity index (χ4v) is 2.24. The average molecular weight is 287 g/mol. The van der Waals surface area contributed by atoms with Gasteiger partial charge in [-0.1, -0.05) is 49.4 Å². The molecule has 3 heteroatoms. The average Bonchev–Trinajstić information content (AvgIpc) is 2.54. The van der Waals surface area contributed by atoms with Gasteiger partial charge in [-0.2, -0.15) is 0 Å². The highest BCUT2D eigenvalue weighted by Crippen LogP contribution is 2.20. The molecule has 0 radical (unpaired) electrons. The fraction of sp³-hybridized carbons (Fsp3) is 0.389. The first kappa shape index (κ1) is 17.2. The molecule has 0 aliphatic rings. The number of ether oxygens (including phenoxy) is 1. The quantitative estimate of drug-likeness (QED) is 0.556. The van der Waals surface area contributed by atoms with Crippen molar-refractivity contribution in [3.63, 3.8) is 0 Å². The van der Waals surface area contributed by atoms with Crippen LogP contribution in [0.1, 0.15) is 31.4 Å². The summed E-state index contributed by atoms with van der Waals surface area (Å²) in [7, 11) is 1.41. The smallest absolute Gasteiger partial charge is 0.327 e. The lowest BCUT2D eigenvalue weighted by Crippen LogP contribution is -2.40. The molecule has 0 aliphatic heterocycles. The van der Waals surface area contributed by atoms with E-state index < -0.39 is 6.04 Å². The summed E-state index contributed by atoms with van der Waals surface area (Å²) in [4.78, 5) is 12.1. The zero-order chi connectivity index (χ0) is 15.7. The third-order valence-electron chi connectivity index (χ3n) is 3.64. The minimum absolute atomic E-state index is 0.143. The Balaban J connectivity index is 2.94. The minimum atomic E-state index is -0.464.